The van der Waals surface area contributed by atoms with E-state index in [0.717, 1.165) is 0 Å². The van der Waals surface area contributed by atoms with Gasteiger partial charge in [0, 0.05) is 40.6 Å². The van der Waals surface area contributed by atoms with Crippen molar-refractivity contribution in [3.05, 3.63) is 107 Å². The summed E-state index contributed by atoms with van der Waals surface area (Å²) >= 11 is 6.40. The second kappa shape index (κ2) is 12.3. The molecule has 45 heavy (non-hydrogen) atoms. The molecule has 0 aliphatic carbocycles. The summed E-state index contributed by atoms with van der Waals surface area (Å²) in [6, 6.07) is 13.3. The predicted molar refractivity (Wildman–Crippen MR) is 151 cm³/mol. The SMILES string of the molecule is O=C(Nc1cccc(-c2nc(-c3ccc(NC(=O)c4cccnc4)cc3Cl)no2)c1)Nc1cc(C(F)(F)F)cc(C(F)(F)F)c1. The molecule has 16 heteroatoms. The average molecular weight is 647 g/mol. The van der Waals surface area contributed by atoms with Gasteiger partial charge in [-0.25, -0.2) is 4.79 Å². The first-order valence-corrected chi connectivity index (χ1v) is 13.0. The van der Waals surface area contributed by atoms with Crippen LogP contribution in [0.4, 0.5) is 48.2 Å². The van der Waals surface area contributed by atoms with Crippen molar-refractivity contribution in [2.45, 2.75) is 12.4 Å². The molecule has 0 fully saturated rings. The first-order chi connectivity index (χ1) is 21.3. The number of aromatic nitrogens is 3. The van der Waals surface area contributed by atoms with E-state index in [-0.39, 0.29) is 28.5 Å². The van der Waals surface area contributed by atoms with Gasteiger partial charge < -0.3 is 20.5 Å². The van der Waals surface area contributed by atoms with E-state index in [4.69, 9.17) is 16.1 Å². The Hall–Kier alpha value is -5.44. The van der Waals surface area contributed by atoms with Crippen molar-refractivity contribution < 1.29 is 40.5 Å². The molecular formula is C29H17ClF6N6O3. The first-order valence-electron chi connectivity index (χ1n) is 12.6. The third-order valence-corrected chi connectivity index (χ3v) is 6.34. The normalized spacial score (nSPS) is 11.6. The molecule has 230 valence electrons. The maximum Gasteiger partial charge on any atom is 0.416 e. The summed E-state index contributed by atoms with van der Waals surface area (Å²) in [5.41, 5.74) is -2.32. The Balaban J connectivity index is 1.29. The second-order valence-electron chi connectivity index (χ2n) is 9.27. The molecular weight excluding hydrogens is 630 g/mol. The van der Waals surface area contributed by atoms with Gasteiger partial charge in [-0.3, -0.25) is 9.78 Å². The quantitative estimate of drug-likeness (QED) is 0.159. The number of urea groups is 1. The van der Waals surface area contributed by atoms with Crippen LogP contribution in [0.5, 0.6) is 0 Å². The molecule has 0 bridgehead atoms. The Labute approximate surface area is 254 Å². The molecule has 0 spiro atoms. The van der Waals surface area contributed by atoms with Gasteiger partial charge in [0.15, 0.2) is 0 Å². The summed E-state index contributed by atoms with van der Waals surface area (Å²) in [6.07, 6.45) is -7.21. The molecule has 0 aliphatic rings. The number of carbonyl (C=O) groups excluding carboxylic acids is 2. The minimum absolute atomic E-state index is 0.00628. The number of alkyl halides is 6. The van der Waals surface area contributed by atoms with Crippen molar-refractivity contribution in [1.29, 1.82) is 0 Å². The molecule has 3 amide bonds. The number of anilines is 3. The fourth-order valence-electron chi connectivity index (χ4n) is 3.98. The molecule has 3 aromatic carbocycles. The van der Waals surface area contributed by atoms with Gasteiger partial charge in [-0.15, -0.1) is 0 Å². The molecule has 0 atom stereocenters. The Morgan fingerprint density at radius 3 is 2.09 bits per heavy atom. The van der Waals surface area contributed by atoms with Gasteiger partial charge in [0.2, 0.25) is 5.82 Å². The molecule has 3 N–H and O–H groups in total. The first kappa shape index (κ1) is 31.0. The zero-order valence-corrected chi connectivity index (χ0v) is 23.1. The van der Waals surface area contributed by atoms with Crippen LogP contribution in [0.2, 0.25) is 5.02 Å². The van der Waals surface area contributed by atoms with Crippen molar-refractivity contribution in [3.63, 3.8) is 0 Å². The van der Waals surface area contributed by atoms with Crippen LogP contribution in [0.3, 0.4) is 0 Å². The fraction of sp³-hybridized carbons (Fsp3) is 0.0690. The monoisotopic (exact) mass is 646 g/mol. The summed E-state index contributed by atoms with van der Waals surface area (Å²) in [5, 5.41) is 11.1. The van der Waals surface area contributed by atoms with E-state index in [1.165, 1.54) is 36.7 Å². The zero-order chi connectivity index (χ0) is 32.4. The van der Waals surface area contributed by atoms with Crippen LogP contribution < -0.4 is 16.0 Å². The third kappa shape index (κ3) is 7.56. The highest BCUT2D eigenvalue weighted by Gasteiger charge is 2.37. The van der Waals surface area contributed by atoms with Crippen molar-refractivity contribution in [3.8, 4) is 22.8 Å². The number of rotatable bonds is 6. The van der Waals surface area contributed by atoms with Crippen LogP contribution in [0.25, 0.3) is 22.8 Å². The van der Waals surface area contributed by atoms with Crippen LogP contribution in [0.1, 0.15) is 21.5 Å². The highest BCUT2D eigenvalue weighted by atomic mass is 35.5. The molecule has 0 saturated heterocycles. The fourth-order valence-corrected chi connectivity index (χ4v) is 4.24. The van der Waals surface area contributed by atoms with E-state index in [2.05, 4.69) is 25.8 Å². The Bertz CT molecular complexity index is 1850. The van der Waals surface area contributed by atoms with Gasteiger partial charge in [0.05, 0.1) is 21.7 Å². The Morgan fingerprint density at radius 1 is 0.756 bits per heavy atom. The molecule has 0 unspecified atom stereocenters. The molecule has 5 aromatic rings. The smallest absolute Gasteiger partial charge is 0.334 e. The van der Waals surface area contributed by atoms with Gasteiger partial charge in [-0.1, -0.05) is 22.8 Å². The number of pyridine rings is 1. The Kier molecular flexibility index (Phi) is 8.46. The highest BCUT2D eigenvalue weighted by Crippen LogP contribution is 2.38. The van der Waals surface area contributed by atoms with Crippen molar-refractivity contribution in [2.24, 2.45) is 0 Å². The van der Waals surface area contributed by atoms with Crippen LogP contribution in [0.15, 0.2) is 89.7 Å². The maximum absolute atomic E-state index is 13.1. The molecule has 5 rings (SSSR count). The predicted octanol–water partition coefficient (Wildman–Crippen LogP) is 8.39. The second-order valence-corrected chi connectivity index (χ2v) is 9.68. The molecule has 2 aromatic heterocycles. The third-order valence-electron chi connectivity index (χ3n) is 6.03. The lowest BCUT2D eigenvalue weighted by Crippen LogP contribution is -2.20. The molecule has 0 saturated carbocycles. The van der Waals surface area contributed by atoms with Gasteiger partial charge in [0.1, 0.15) is 0 Å². The highest BCUT2D eigenvalue weighted by molar-refractivity contribution is 6.33. The number of carbonyl (C=O) groups is 2. The van der Waals surface area contributed by atoms with E-state index in [9.17, 15) is 35.9 Å². The summed E-state index contributed by atoms with van der Waals surface area (Å²) in [6.45, 7) is 0. The van der Waals surface area contributed by atoms with Gasteiger partial charge in [0.25, 0.3) is 11.8 Å². The number of nitrogens with one attached hydrogen (secondary N) is 3. The van der Waals surface area contributed by atoms with E-state index < -0.39 is 41.1 Å². The van der Waals surface area contributed by atoms with Gasteiger partial charge >= 0.3 is 18.4 Å². The number of hydrogen-bond donors (Lipinski definition) is 3. The van der Waals surface area contributed by atoms with E-state index in [1.54, 1.807) is 30.3 Å². The lowest BCUT2D eigenvalue weighted by atomic mass is 10.1. The van der Waals surface area contributed by atoms with Crippen molar-refractivity contribution >= 4 is 40.6 Å². The van der Waals surface area contributed by atoms with Crippen molar-refractivity contribution in [2.75, 3.05) is 16.0 Å². The zero-order valence-electron chi connectivity index (χ0n) is 22.3. The van der Waals surface area contributed by atoms with E-state index >= 15 is 0 Å². The largest absolute Gasteiger partial charge is 0.416 e. The Morgan fingerprint density at radius 2 is 1.44 bits per heavy atom. The number of halogens is 7. The maximum atomic E-state index is 13.1. The van der Waals surface area contributed by atoms with Crippen LogP contribution >= 0.6 is 11.6 Å². The van der Waals surface area contributed by atoms with Gasteiger partial charge in [-0.05, 0) is 66.7 Å². The molecule has 0 aliphatic heterocycles. The van der Waals surface area contributed by atoms with Crippen LogP contribution in [0, 0.1) is 0 Å². The topological polar surface area (TPSA) is 122 Å². The van der Waals surface area contributed by atoms with Gasteiger partial charge in [-0.2, -0.15) is 31.3 Å². The lowest BCUT2D eigenvalue weighted by Gasteiger charge is -2.15. The molecule has 0 radical (unpaired) electrons. The molecule has 9 nitrogen and oxygen atoms in total. The number of amides is 3. The van der Waals surface area contributed by atoms with Crippen LogP contribution in [-0.4, -0.2) is 27.1 Å². The van der Waals surface area contributed by atoms with Crippen molar-refractivity contribution in [1.82, 2.24) is 15.1 Å². The lowest BCUT2D eigenvalue weighted by molar-refractivity contribution is -0.143. The minimum atomic E-state index is -5.08. The summed E-state index contributed by atoms with van der Waals surface area (Å²) < 4.78 is 84.2. The number of benzene rings is 3. The van der Waals surface area contributed by atoms with E-state index in [0.29, 0.717) is 34.5 Å². The molecule has 2 heterocycles. The summed E-state index contributed by atoms with van der Waals surface area (Å²) in [4.78, 5) is 33.1. The number of hydrogen-bond acceptors (Lipinski definition) is 6. The average Bonchev–Trinajstić information content (AvgIpc) is 3.47. The summed E-state index contributed by atoms with van der Waals surface area (Å²) in [5.74, 6) is -0.287. The number of nitrogens with zero attached hydrogens (tertiary/aromatic N) is 3. The standard InChI is InChI=1S/C29H17ClF6N6O3/c30-23-13-20(38-25(43)16-4-2-8-37-14-16)6-7-22(23)24-41-26(45-42-24)15-3-1-5-19(9-15)39-27(44)40-21-11-17(28(31,32)33)10-18(12-21)29(34,35)36/h1-14H,(H,38,43)(H2,39,40,44). The van der Waals surface area contributed by atoms with E-state index in [1.807, 2.05) is 5.32 Å². The minimum Gasteiger partial charge on any atom is -0.334 e. The van der Waals surface area contributed by atoms with Crippen LogP contribution in [-0.2, 0) is 12.4 Å². The summed E-state index contributed by atoms with van der Waals surface area (Å²) in [7, 11) is 0.